The van der Waals surface area contributed by atoms with Crippen LogP contribution in [0.5, 0.6) is 0 Å². The van der Waals surface area contributed by atoms with Crippen molar-refractivity contribution in [2.75, 3.05) is 43.4 Å². The quantitative estimate of drug-likeness (QED) is 0.862. The fourth-order valence-corrected chi connectivity index (χ4v) is 2.80. The summed E-state index contributed by atoms with van der Waals surface area (Å²) in [6.45, 7) is 4.56. The van der Waals surface area contributed by atoms with Crippen LogP contribution in [0.3, 0.4) is 0 Å². The van der Waals surface area contributed by atoms with Crippen molar-refractivity contribution in [3.8, 4) is 0 Å². The first kappa shape index (κ1) is 17.0. The maximum absolute atomic E-state index is 9.21. The molecule has 128 valence electrons. The van der Waals surface area contributed by atoms with Gasteiger partial charge in [-0.25, -0.2) is 9.97 Å². The van der Waals surface area contributed by atoms with Crippen LogP contribution in [0.15, 0.2) is 30.6 Å². The van der Waals surface area contributed by atoms with Crippen molar-refractivity contribution < 1.29 is 5.11 Å². The van der Waals surface area contributed by atoms with E-state index in [4.69, 9.17) is 11.6 Å². The van der Waals surface area contributed by atoms with Crippen molar-refractivity contribution in [2.24, 2.45) is 0 Å². The van der Waals surface area contributed by atoms with Gasteiger partial charge in [0.15, 0.2) is 0 Å². The molecule has 3 rings (SSSR count). The number of nitrogens with zero attached hydrogens (tertiary/aromatic N) is 4. The van der Waals surface area contributed by atoms with E-state index < -0.39 is 0 Å². The third kappa shape index (κ3) is 4.14. The zero-order chi connectivity index (χ0) is 16.9. The van der Waals surface area contributed by atoms with Gasteiger partial charge in [0.2, 0.25) is 5.95 Å². The molecule has 0 bridgehead atoms. The number of halogens is 1. The number of aliphatic hydroxyl groups is 1. The van der Waals surface area contributed by atoms with E-state index in [2.05, 4.69) is 32.1 Å². The van der Waals surface area contributed by atoms with Crippen molar-refractivity contribution in [3.05, 3.63) is 46.7 Å². The van der Waals surface area contributed by atoms with Crippen LogP contribution < -0.4 is 10.2 Å². The minimum Gasteiger partial charge on any atom is -0.392 e. The number of aromatic nitrogens is 2. The van der Waals surface area contributed by atoms with Gasteiger partial charge in [0.05, 0.1) is 17.3 Å². The zero-order valence-electron chi connectivity index (χ0n) is 13.7. The maximum atomic E-state index is 9.21. The van der Waals surface area contributed by atoms with Crippen molar-refractivity contribution in [2.45, 2.75) is 13.2 Å². The minimum atomic E-state index is -0.00528. The average Bonchev–Trinajstić information content (AvgIpc) is 2.62. The first-order chi connectivity index (χ1) is 11.7. The summed E-state index contributed by atoms with van der Waals surface area (Å²) in [4.78, 5) is 13.5. The summed E-state index contributed by atoms with van der Waals surface area (Å²) in [7, 11) is 2.13. The van der Waals surface area contributed by atoms with Gasteiger partial charge in [0.25, 0.3) is 0 Å². The highest BCUT2D eigenvalue weighted by Crippen LogP contribution is 2.23. The number of aliphatic hydroxyl groups excluding tert-OH is 1. The van der Waals surface area contributed by atoms with E-state index in [1.54, 1.807) is 6.07 Å². The average molecular weight is 348 g/mol. The molecule has 2 heterocycles. The monoisotopic (exact) mass is 347 g/mol. The highest BCUT2D eigenvalue weighted by atomic mass is 35.5. The second-order valence-electron chi connectivity index (χ2n) is 6.01. The third-order valence-corrected chi connectivity index (χ3v) is 4.50. The van der Waals surface area contributed by atoms with Crippen molar-refractivity contribution in [3.63, 3.8) is 0 Å². The summed E-state index contributed by atoms with van der Waals surface area (Å²) in [5.41, 5.74) is 2.60. The molecule has 1 aromatic carbocycles. The van der Waals surface area contributed by atoms with Gasteiger partial charge >= 0.3 is 0 Å². The summed E-state index contributed by atoms with van der Waals surface area (Å²) < 4.78 is 0. The van der Waals surface area contributed by atoms with Gasteiger partial charge in [-0.05, 0) is 24.7 Å². The number of hydrogen-bond acceptors (Lipinski definition) is 6. The molecule has 0 radical (unpaired) electrons. The van der Waals surface area contributed by atoms with Gasteiger partial charge in [-0.3, -0.25) is 0 Å². The molecule has 1 aliphatic rings. The second kappa shape index (κ2) is 7.79. The van der Waals surface area contributed by atoms with Crippen LogP contribution in [0.1, 0.15) is 11.1 Å². The van der Waals surface area contributed by atoms with Gasteiger partial charge in [-0.15, -0.1) is 0 Å². The Morgan fingerprint density at radius 3 is 2.50 bits per heavy atom. The molecule has 7 heteroatoms. The van der Waals surface area contributed by atoms with Crippen LogP contribution in [0.4, 0.5) is 11.6 Å². The Morgan fingerprint density at radius 2 is 1.83 bits per heavy atom. The molecule has 24 heavy (non-hydrogen) atoms. The van der Waals surface area contributed by atoms with E-state index >= 15 is 0 Å². The minimum absolute atomic E-state index is 0.00528. The molecule has 1 fully saturated rings. The lowest BCUT2D eigenvalue weighted by Gasteiger charge is -2.32. The van der Waals surface area contributed by atoms with E-state index in [1.807, 2.05) is 24.5 Å². The Morgan fingerprint density at radius 1 is 1.12 bits per heavy atom. The van der Waals surface area contributed by atoms with Crippen LogP contribution in [-0.4, -0.2) is 53.2 Å². The molecule has 0 amide bonds. The molecule has 0 atom stereocenters. The largest absolute Gasteiger partial charge is 0.392 e. The number of rotatable bonds is 5. The standard InChI is InChI=1S/C17H22ClN5O/c1-22-4-6-23(7-5-22)17-20-10-14(11-21-17)9-19-16-8-13(12-24)2-3-15(16)18/h2-3,8,10-11,19,24H,4-7,9,12H2,1H3. The lowest BCUT2D eigenvalue weighted by atomic mass is 10.2. The van der Waals surface area contributed by atoms with Crippen LogP contribution in [0.2, 0.25) is 5.02 Å². The predicted octanol–water partition coefficient (Wildman–Crippen LogP) is 1.99. The normalized spacial score (nSPS) is 15.5. The lowest BCUT2D eigenvalue weighted by Crippen LogP contribution is -2.45. The third-order valence-electron chi connectivity index (χ3n) is 4.17. The number of nitrogens with one attached hydrogen (secondary N) is 1. The van der Waals surface area contributed by atoms with E-state index in [9.17, 15) is 5.11 Å². The fraction of sp³-hybridized carbons (Fsp3) is 0.412. The van der Waals surface area contributed by atoms with Crippen LogP contribution in [0.25, 0.3) is 0 Å². The van der Waals surface area contributed by atoms with Crippen molar-refractivity contribution in [1.82, 2.24) is 14.9 Å². The lowest BCUT2D eigenvalue weighted by molar-refractivity contribution is 0.282. The molecule has 1 aliphatic heterocycles. The van der Waals surface area contributed by atoms with Crippen LogP contribution >= 0.6 is 11.6 Å². The van der Waals surface area contributed by atoms with Gasteiger partial charge in [-0.2, -0.15) is 0 Å². The zero-order valence-corrected chi connectivity index (χ0v) is 14.5. The molecule has 0 aliphatic carbocycles. The van der Waals surface area contributed by atoms with E-state index in [0.29, 0.717) is 11.6 Å². The number of hydrogen-bond donors (Lipinski definition) is 2. The van der Waals surface area contributed by atoms with Gasteiger partial charge < -0.3 is 20.2 Å². The van der Waals surface area contributed by atoms with E-state index in [0.717, 1.165) is 48.9 Å². The molecule has 0 unspecified atom stereocenters. The molecule has 2 N–H and O–H groups in total. The van der Waals surface area contributed by atoms with E-state index in [-0.39, 0.29) is 6.61 Å². The summed E-state index contributed by atoms with van der Waals surface area (Å²) in [5, 5.41) is 13.1. The topological polar surface area (TPSA) is 64.5 Å². The Balaban J connectivity index is 1.60. The fourth-order valence-electron chi connectivity index (χ4n) is 2.61. The van der Waals surface area contributed by atoms with Gasteiger partial charge in [-0.1, -0.05) is 17.7 Å². The van der Waals surface area contributed by atoms with Crippen molar-refractivity contribution in [1.29, 1.82) is 0 Å². The van der Waals surface area contributed by atoms with Gasteiger partial charge in [0, 0.05) is 50.7 Å². The number of benzene rings is 1. The molecule has 1 saturated heterocycles. The summed E-state index contributed by atoms with van der Waals surface area (Å²) in [6, 6.07) is 5.44. The van der Waals surface area contributed by atoms with Gasteiger partial charge in [0.1, 0.15) is 0 Å². The molecule has 1 aromatic heterocycles. The first-order valence-electron chi connectivity index (χ1n) is 8.03. The molecule has 6 nitrogen and oxygen atoms in total. The SMILES string of the molecule is CN1CCN(c2ncc(CNc3cc(CO)ccc3Cl)cn2)CC1. The number of anilines is 2. The molecule has 2 aromatic rings. The maximum Gasteiger partial charge on any atom is 0.225 e. The Labute approximate surface area is 147 Å². The Hall–Kier alpha value is -1.89. The molecule has 0 saturated carbocycles. The predicted molar refractivity (Wildman–Crippen MR) is 96.4 cm³/mol. The highest BCUT2D eigenvalue weighted by molar-refractivity contribution is 6.33. The smallest absolute Gasteiger partial charge is 0.225 e. The molecular formula is C17H22ClN5O. The Bertz CT molecular complexity index is 671. The first-order valence-corrected chi connectivity index (χ1v) is 8.41. The second-order valence-corrected chi connectivity index (χ2v) is 6.41. The van der Waals surface area contributed by atoms with Crippen LogP contribution in [-0.2, 0) is 13.2 Å². The number of likely N-dealkylation sites (N-methyl/N-ethyl adjacent to an activating group) is 1. The molecular weight excluding hydrogens is 326 g/mol. The van der Waals surface area contributed by atoms with E-state index in [1.165, 1.54) is 0 Å². The van der Waals surface area contributed by atoms with Crippen molar-refractivity contribution >= 4 is 23.2 Å². The summed E-state index contributed by atoms with van der Waals surface area (Å²) >= 11 is 6.17. The summed E-state index contributed by atoms with van der Waals surface area (Å²) in [6.07, 6.45) is 3.69. The Kier molecular flexibility index (Phi) is 5.50. The number of piperazine rings is 1. The molecule has 0 spiro atoms. The highest BCUT2D eigenvalue weighted by Gasteiger charge is 2.16. The van der Waals surface area contributed by atoms with Crippen LogP contribution in [0, 0.1) is 0 Å². The summed E-state index contributed by atoms with van der Waals surface area (Å²) in [5.74, 6) is 0.784.